The van der Waals surface area contributed by atoms with E-state index < -0.39 is 9.84 Å². The Hall–Kier alpha value is -2.34. The Morgan fingerprint density at radius 3 is 2.46 bits per heavy atom. The zero-order valence-electron chi connectivity index (χ0n) is 13.5. The maximum absolute atomic E-state index is 12.5. The molecule has 0 unspecified atom stereocenters. The molecule has 2 amide bonds. The Labute approximate surface area is 142 Å². The molecule has 6 heteroatoms. The largest absolute Gasteiger partial charge is 0.324 e. The lowest BCUT2D eigenvalue weighted by Gasteiger charge is -2.18. The number of amides is 2. The Bertz CT molecular complexity index is 834. The standard InChI is InChI=1S/C18H20N2O3S/c1-24(22,23)17-10-6-5-9-16(17)19-18(21)20-12-11-15(13-20)14-7-3-2-4-8-14/h2-10,15H,11-13H2,1H3,(H,19,21)/t15-/m0/s1. The van der Waals surface area contributed by atoms with Gasteiger partial charge in [0.25, 0.3) is 0 Å². The van der Waals surface area contributed by atoms with Crippen molar-refractivity contribution in [2.24, 2.45) is 0 Å². The Morgan fingerprint density at radius 2 is 1.75 bits per heavy atom. The molecule has 0 aliphatic carbocycles. The van der Waals surface area contributed by atoms with Crippen LogP contribution in [0.3, 0.4) is 0 Å². The summed E-state index contributed by atoms with van der Waals surface area (Å²) in [6.07, 6.45) is 2.05. The van der Waals surface area contributed by atoms with E-state index in [1.54, 1.807) is 23.1 Å². The fraction of sp³-hybridized carbons (Fsp3) is 0.278. The highest BCUT2D eigenvalue weighted by Gasteiger charge is 2.28. The third-order valence-corrected chi connectivity index (χ3v) is 5.43. The lowest BCUT2D eigenvalue weighted by atomic mass is 9.99. The van der Waals surface area contributed by atoms with Crippen molar-refractivity contribution in [2.75, 3.05) is 24.7 Å². The van der Waals surface area contributed by atoms with Gasteiger partial charge >= 0.3 is 6.03 Å². The van der Waals surface area contributed by atoms with E-state index in [4.69, 9.17) is 0 Å². The number of nitrogens with one attached hydrogen (secondary N) is 1. The maximum atomic E-state index is 12.5. The molecule has 1 aliphatic heterocycles. The van der Waals surface area contributed by atoms with Gasteiger partial charge in [-0.25, -0.2) is 13.2 Å². The fourth-order valence-electron chi connectivity index (χ4n) is 3.03. The molecule has 0 radical (unpaired) electrons. The molecule has 2 aromatic rings. The van der Waals surface area contributed by atoms with E-state index in [9.17, 15) is 13.2 Å². The van der Waals surface area contributed by atoms with Gasteiger partial charge in [-0.3, -0.25) is 0 Å². The lowest BCUT2D eigenvalue weighted by Crippen LogP contribution is -2.33. The molecule has 2 aromatic carbocycles. The number of urea groups is 1. The molecule has 1 atom stereocenters. The molecule has 1 heterocycles. The minimum atomic E-state index is -3.39. The van der Waals surface area contributed by atoms with E-state index in [0.29, 0.717) is 24.7 Å². The van der Waals surface area contributed by atoms with E-state index in [2.05, 4.69) is 17.4 Å². The zero-order chi connectivity index (χ0) is 17.2. The van der Waals surface area contributed by atoms with Crippen LogP contribution in [0.15, 0.2) is 59.5 Å². The van der Waals surface area contributed by atoms with Gasteiger partial charge < -0.3 is 10.2 Å². The summed E-state index contributed by atoms with van der Waals surface area (Å²) in [6, 6.07) is 16.3. The normalized spacial score (nSPS) is 17.7. The summed E-state index contributed by atoms with van der Waals surface area (Å²) in [5, 5.41) is 2.74. The maximum Gasteiger partial charge on any atom is 0.321 e. The molecule has 24 heavy (non-hydrogen) atoms. The third-order valence-electron chi connectivity index (χ3n) is 4.27. The van der Waals surface area contributed by atoms with Crippen molar-refractivity contribution in [1.82, 2.24) is 4.90 Å². The Balaban J connectivity index is 1.71. The fourth-order valence-corrected chi connectivity index (χ4v) is 3.87. The van der Waals surface area contributed by atoms with Crippen molar-refractivity contribution in [3.63, 3.8) is 0 Å². The number of carbonyl (C=O) groups is 1. The predicted octanol–water partition coefficient (Wildman–Crippen LogP) is 3.11. The quantitative estimate of drug-likeness (QED) is 0.930. The highest BCUT2D eigenvalue weighted by molar-refractivity contribution is 7.90. The van der Waals surface area contributed by atoms with Gasteiger partial charge in [-0.1, -0.05) is 42.5 Å². The van der Waals surface area contributed by atoms with E-state index in [1.807, 2.05) is 18.2 Å². The number of rotatable bonds is 3. The van der Waals surface area contributed by atoms with Crippen LogP contribution in [0, 0.1) is 0 Å². The lowest BCUT2D eigenvalue weighted by molar-refractivity contribution is 0.222. The first kappa shape index (κ1) is 16.5. The summed E-state index contributed by atoms with van der Waals surface area (Å²) >= 11 is 0. The van der Waals surface area contributed by atoms with Crippen LogP contribution < -0.4 is 5.32 Å². The first-order chi connectivity index (χ1) is 11.4. The van der Waals surface area contributed by atoms with Crippen molar-refractivity contribution < 1.29 is 13.2 Å². The van der Waals surface area contributed by atoms with Crippen molar-refractivity contribution in [2.45, 2.75) is 17.2 Å². The molecule has 3 rings (SSSR count). The SMILES string of the molecule is CS(=O)(=O)c1ccccc1NC(=O)N1CC[C@H](c2ccccc2)C1. The van der Waals surface area contributed by atoms with Gasteiger partial charge in [0.15, 0.2) is 9.84 Å². The van der Waals surface area contributed by atoms with Crippen LogP contribution in [0.25, 0.3) is 0 Å². The third kappa shape index (κ3) is 3.59. The number of hydrogen-bond donors (Lipinski definition) is 1. The number of sulfone groups is 1. The first-order valence-electron chi connectivity index (χ1n) is 7.85. The average Bonchev–Trinajstić information content (AvgIpc) is 3.05. The highest BCUT2D eigenvalue weighted by atomic mass is 32.2. The molecule has 5 nitrogen and oxygen atoms in total. The van der Waals surface area contributed by atoms with Gasteiger partial charge in [-0.05, 0) is 24.1 Å². The van der Waals surface area contributed by atoms with Crippen molar-refractivity contribution >= 4 is 21.6 Å². The van der Waals surface area contributed by atoms with Crippen LogP contribution in [0.1, 0.15) is 17.9 Å². The molecule has 0 spiro atoms. The molecule has 0 aromatic heterocycles. The number of hydrogen-bond acceptors (Lipinski definition) is 3. The van der Waals surface area contributed by atoms with Gasteiger partial charge in [0, 0.05) is 25.3 Å². The number of nitrogens with zero attached hydrogens (tertiary/aromatic N) is 1. The number of anilines is 1. The van der Waals surface area contributed by atoms with E-state index in [-0.39, 0.29) is 10.9 Å². The van der Waals surface area contributed by atoms with E-state index in [1.165, 1.54) is 11.6 Å². The van der Waals surface area contributed by atoms with E-state index >= 15 is 0 Å². The van der Waals surface area contributed by atoms with Crippen molar-refractivity contribution in [1.29, 1.82) is 0 Å². The van der Waals surface area contributed by atoms with Gasteiger partial charge in [0.05, 0.1) is 10.6 Å². The number of para-hydroxylation sites is 1. The predicted molar refractivity (Wildman–Crippen MR) is 93.9 cm³/mol. The minimum Gasteiger partial charge on any atom is -0.324 e. The van der Waals surface area contributed by atoms with Crippen LogP contribution in [0.4, 0.5) is 10.5 Å². The van der Waals surface area contributed by atoms with Gasteiger partial charge in [-0.2, -0.15) is 0 Å². The Morgan fingerprint density at radius 1 is 1.08 bits per heavy atom. The summed E-state index contributed by atoms with van der Waals surface area (Å²) in [7, 11) is -3.39. The van der Waals surface area contributed by atoms with Gasteiger partial charge in [-0.15, -0.1) is 0 Å². The molecular weight excluding hydrogens is 324 g/mol. The van der Waals surface area contributed by atoms with Gasteiger partial charge in [0.2, 0.25) is 0 Å². The van der Waals surface area contributed by atoms with Crippen molar-refractivity contribution in [3.8, 4) is 0 Å². The molecule has 1 fully saturated rings. The molecule has 0 bridgehead atoms. The van der Waals surface area contributed by atoms with Crippen LogP contribution >= 0.6 is 0 Å². The summed E-state index contributed by atoms with van der Waals surface area (Å²) in [5.74, 6) is 0.321. The van der Waals surface area contributed by atoms with Crippen LogP contribution in [0.2, 0.25) is 0 Å². The van der Waals surface area contributed by atoms with Crippen LogP contribution in [0.5, 0.6) is 0 Å². The van der Waals surface area contributed by atoms with Crippen molar-refractivity contribution in [3.05, 3.63) is 60.2 Å². The minimum absolute atomic E-state index is 0.136. The second kappa shape index (κ2) is 6.65. The molecule has 1 aliphatic rings. The molecule has 1 saturated heterocycles. The highest BCUT2D eigenvalue weighted by Crippen LogP contribution is 2.28. The average molecular weight is 344 g/mol. The summed E-state index contributed by atoms with van der Waals surface area (Å²) in [4.78, 5) is 14.4. The summed E-state index contributed by atoms with van der Waals surface area (Å²) < 4.78 is 23.7. The molecule has 0 saturated carbocycles. The smallest absolute Gasteiger partial charge is 0.321 e. The second-order valence-electron chi connectivity index (χ2n) is 6.04. The Kier molecular flexibility index (Phi) is 4.57. The molecule has 1 N–H and O–H groups in total. The monoisotopic (exact) mass is 344 g/mol. The van der Waals surface area contributed by atoms with Crippen LogP contribution in [-0.4, -0.2) is 38.7 Å². The number of benzene rings is 2. The van der Waals surface area contributed by atoms with Crippen LogP contribution in [-0.2, 0) is 9.84 Å². The number of carbonyl (C=O) groups excluding carboxylic acids is 1. The topological polar surface area (TPSA) is 66.5 Å². The molecule has 126 valence electrons. The number of likely N-dealkylation sites (tertiary alicyclic amines) is 1. The van der Waals surface area contributed by atoms with E-state index in [0.717, 1.165) is 12.7 Å². The van der Waals surface area contributed by atoms with Gasteiger partial charge in [0.1, 0.15) is 0 Å². The first-order valence-corrected chi connectivity index (χ1v) is 9.74. The summed E-state index contributed by atoms with van der Waals surface area (Å²) in [5.41, 5.74) is 1.55. The summed E-state index contributed by atoms with van der Waals surface area (Å²) in [6.45, 7) is 1.29. The molecular formula is C18H20N2O3S. The zero-order valence-corrected chi connectivity index (χ0v) is 14.3. The second-order valence-corrected chi connectivity index (χ2v) is 8.02.